The van der Waals surface area contributed by atoms with Gasteiger partial charge in [-0.1, -0.05) is 44.2 Å². The monoisotopic (exact) mass is 354 g/mol. The van der Waals surface area contributed by atoms with Crippen LogP contribution in [-0.2, 0) is 13.1 Å². The molecule has 3 N–H and O–H groups in total. The molecular weight excluding hydrogens is 328 g/mol. The number of fused-ring (bicyclic) bond motifs is 1. The van der Waals surface area contributed by atoms with E-state index < -0.39 is 0 Å². The molecule has 2 heterocycles. The van der Waals surface area contributed by atoms with Gasteiger partial charge in [0.05, 0.1) is 19.0 Å². The Hall–Kier alpha value is -2.67. The molecule has 7 nitrogen and oxygen atoms in total. The maximum absolute atomic E-state index is 9.47. The summed E-state index contributed by atoms with van der Waals surface area (Å²) in [6, 6.07) is 10.1. The van der Waals surface area contributed by atoms with Crippen LogP contribution in [0.2, 0.25) is 0 Å². The number of benzene rings is 1. The molecule has 0 aliphatic rings. The maximum Gasteiger partial charge on any atom is 0.227 e. The van der Waals surface area contributed by atoms with Crippen molar-refractivity contribution in [2.75, 3.05) is 17.2 Å². The van der Waals surface area contributed by atoms with Gasteiger partial charge in [-0.05, 0) is 18.4 Å². The lowest BCUT2D eigenvalue weighted by Gasteiger charge is -2.15. The van der Waals surface area contributed by atoms with Crippen molar-refractivity contribution in [3.05, 3.63) is 42.2 Å². The highest BCUT2D eigenvalue weighted by molar-refractivity contribution is 5.84. The number of aromatic nitrogens is 4. The van der Waals surface area contributed by atoms with E-state index in [1.807, 2.05) is 36.0 Å². The van der Waals surface area contributed by atoms with Gasteiger partial charge in [0, 0.05) is 13.1 Å². The number of aliphatic hydroxyl groups is 1. The normalized spacial score (nSPS) is 12.3. The van der Waals surface area contributed by atoms with E-state index in [4.69, 9.17) is 0 Å². The van der Waals surface area contributed by atoms with Crippen LogP contribution in [0.25, 0.3) is 11.2 Å². The van der Waals surface area contributed by atoms with Gasteiger partial charge in [-0.15, -0.1) is 0 Å². The Labute approximate surface area is 153 Å². The van der Waals surface area contributed by atoms with Crippen LogP contribution in [0.1, 0.15) is 32.3 Å². The number of rotatable bonds is 9. The Morgan fingerprint density at radius 3 is 2.65 bits per heavy atom. The second-order valence-electron chi connectivity index (χ2n) is 6.28. The highest BCUT2D eigenvalue weighted by atomic mass is 16.3. The third kappa shape index (κ3) is 4.11. The summed E-state index contributed by atoms with van der Waals surface area (Å²) in [7, 11) is 0. The zero-order chi connectivity index (χ0) is 18.4. The first kappa shape index (κ1) is 18.1. The molecule has 1 aromatic carbocycles. The minimum absolute atomic E-state index is 0.0406. The number of anilines is 2. The van der Waals surface area contributed by atoms with Gasteiger partial charge in [0.1, 0.15) is 0 Å². The number of hydrogen-bond acceptors (Lipinski definition) is 6. The second-order valence-corrected chi connectivity index (χ2v) is 6.28. The van der Waals surface area contributed by atoms with Crippen molar-refractivity contribution in [2.24, 2.45) is 0 Å². The van der Waals surface area contributed by atoms with E-state index in [2.05, 4.69) is 44.6 Å². The first-order chi connectivity index (χ1) is 12.7. The van der Waals surface area contributed by atoms with Crippen LogP contribution in [0.5, 0.6) is 0 Å². The minimum atomic E-state index is -0.0723. The van der Waals surface area contributed by atoms with Crippen molar-refractivity contribution in [1.82, 2.24) is 19.5 Å². The third-order valence-electron chi connectivity index (χ3n) is 4.28. The van der Waals surface area contributed by atoms with Crippen LogP contribution < -0.4 is 10.6 Å². The van der Waals surface area contributed by atoms with Crippen LogP contribution in [0.4, 0.5) is 11.8 Å². The molecule has 3 aromatic rings. The Bertz CT molecular complexity index is 829. The van der Waals surface area contributed by atoms with E-state index in [0.29, 0.717) is 18.3 Å². The van der Waals surface area contributed by atoms with Gasteiger partial charge in [0.25, 0.3) is 0 Å². The van der Waals surface area contributed by atoms with E-state index in [9.17, 15) is 5.11 Å². The van der Waals surface area contributed by atoms with Gasteiger partial charge < -0.3 is 20.3 Å². The molecule has 26 heavy (non-hydrogen) atoms. The molecule has 0 fully saturated rings. The van der Waals surface area contributed by atoms with Crippen LogP contribution in [0, 0.1) is 0 Å². The van der Waals surface area contributed by atoms with E-state index in [1.54, 1.807) is 0 Å². The Morgan fingerprint density at radius 1 is 1.15 bits per heavy atom. The molecule has 3 rings (SSSR count). The number of nitrogens with zero attached hydrogens (tertiary/aromatic N) is 4. The third-order valence-corrected chi connectivity index (χ3v) is 4.28. The van der Waals surface area contributed by atoms with Gasteiger partial charge in [0.2, 0.25) is 5.95 Å². The fraction of sp³-hybridized carbons (Fsp3) is 0.421. The summed E-state index contributed by atoms with van der Waals surface area (Å²) in [5.74, 6) is 1.20. The van der Waals surface area contributed by atoms with Gasteiger partial charge in [0.15, 0.2) is 17.0 Å². The van der Waals surface area contributed by atoms with E-state index in [1.165, 1.54) is 5.56 Å². The van der Waals surface area contributed by atoms with Crippen molar-refractivity contribution in [3.63, 3.8) is 0 Å². The quantitative estimate of drug-likeness (QED) is 0.547. The zero-order valence-corrected chi connectivity index (χ0v) is 15.3. The summed E-state index contributed by atoms with van der Waals surface area (Å²) >= 11 is 0. The summed E-state index contributed by atoms with van der Waals surface area (Å²) in [5, 5.41) is 16.1. The SMILES string of the molecule is CCCn1cnc2c(NCc3ccccc3)nc(N[C@@H](CC)CO)nc21. The van der Waals surface area contributed by atoms with Crippen molar-refractivity contribution in [2.45, 2.75) is 45.8 Å². The van der Waals surface area contributed by atoms with E-state index in [0.717, 1.165) is 30.6 Å². The molecule has 7 heteroatoms. The molecule has 0 unspecified atom stereocenters. The minimum Gasteiger partial charge on any atom is -0.394 e. The molecule has 2 aromatic heterocycles. The molecule has 0 radical (unpaired) electrons. The zero-order valence-electron chi connectivity index (χ0n) is 15.3. The van der Waals surface area contributed by atoms with Gasteiger partial charge in [-0.25, -0.2) is 4.98 Å². The van der Waals surface area contributed by atoms with Gasteiger partial charge >= 0.3 is 0 Å². The molecule has 0 aliphatic carbocycles. The van der Waals surface area contributed by atoms with Crippen molar-refractivity contribution in [3.8, 4) is 0 Å². The average Bonchev–Trinajstić information content (AvgIpc) is 3.08. The summed E-state index contributed by atoms with van der Waals surface area (Å²) in [5.41, 5.74) is 2.73. The van der Waals surface area contributed by atoms with E-state index >= 15 is 0 Å². The number of aliphatic hydroxyl groups excluding tert-OH is 1. The number of nitrogens with one attached hydrogen (secondary N) is 2. The van der Waals surface area contributed by atoms with Crippen molar-refractivity contribution in [1.29, 1.82) is 0 Å². The Morgan fingerprint density at radius 2 is 1.96 bits per heavy atom. The highest BCUT2D eigenvalue weighted by Gasteiger charge is 2.15. The van der Waals surface area contributed by atoms with Crippen LogP contribution in [-0.4, -0.2) is 37.3 Å². The number of imidazole rings is 1. The molecule has 0 bridgehead atoms. The average molecular weight is 354 g/mol. The number of hydrogen-bond donors (Lipinski definition) is 3. The Kier molecular flexibility index (Phi) is 6.01. The molecule has 138 valence electrons. The molecule has 0 spiro atoms. The van der Waals surface area contributed by atoms with Crippen LogP contribution >= 0.6 is 0 Å². The molecule has 0 amide bonds. The molecule has 0 aliphatic heterocycles. The summed E-state index contributed by atoms with van der Waals surface area (Å²) < 4.78 is 2.04. The molecule has 1 atom stereocenters. The Balaban J connectivity index is 1.93. The van der Waals surface area contributed by atoms with Crippen molar-refractivity contribution >= 4 is 22.9 Å². The summed E-state index contributed by atoms with van der Waals surface area (Å²) in [4.78, 5) is 13.7. The highest BCUT2D eigenvalue weighted by Crippen LogP contribution is 2.22. The number of aryl methyl sites for hydroxylation is 1. The lowest BCUT2D eigenvalue weighted by Crippen LogP contribution is -2.24. The second kappa shape index (κ2) is 8.62. The lowest BCUT2D eigenvalue weighted by atomic mass is 10.2. The molecular formula is C19H26N6O. The maximum atomic E-state index is 9.47. The largest absolute Gasteiger partial charge is 0.394 e. The standard InChI is InChI=1S/C19H26N6O/c1-3-10-25-13-21-16-17(20-11-14-8-6-5-7-9-14)23-19(24-18(16)25)22-15(4-2)12-26/h5-9,13,15,26H,3-4,10-12H2,1-2H3,(H2,20,22,23,24)/t15-/m0/s1. The fourth-order valence-electron chi connectivity index (χ4n) is 2.78. The fourth-order valence-corrected chi connectivity index (χ4v) is 2.78. The van der Waals surface area contributed by atoms with Crippen LogP contribution in [0.15, 0.2) is 36.7 Å². The predicted octanol–water partition coefficient (Wildman–Crippen LogP) is 3.03. The van der Waals surface area contributed by atoms with Crippen LogP contribution in [0.3, 0.4) is 0 Å². The van der Waals surface area contributed by atoms with Gasteiger partial charge in [-0.2, -0.15) is 9.97 Å². The summed E-state index contributed by atoms with van der Waals surface area (Å²) in [6.07, 6.45) is 3.60. The molecule has 0 saturated heterocycles. The smallest absolute Gasteiger partial charge is 0.227 e. The molecule has 0 saturated carbocycles. The first-order valence-electron chi connectivity index (χ1n) is 9.13. The topological polar surface area (TPSA) is 87.9 Å². The van der Waals surface area contributed by atoms with Gasteiger partial charge in [-0.3, -0.25) is 0 Å². The predicted molar refractivity (Wildman–Crippen MR) is 104 cm³/mol. The summed E-state index contributed by atoms with van der Waals surface area (Å²) in [6.45, 7) is 5.69. The lowest BCUT2D eigenvalue weighted by molar-refractivity contribution is 0.271. The van der Waals surface area contributed by atoms with E-state index in [-0.39, 0.29) is 12.6 Å². The first-order valence-corrected chi connectivity index (χ1v) is 9.13. The van der Waals surface area contributed by atoms with Crippen molar-refractivity contribution < 1.29 is 5.11 Å².